The van der Waals surface area contributed by atoms with Crippen molar-refractivity contribution in [3.63, 3.8) is 0 Å². The van der Waals surface area contributed by atoms with Crippen LogP contribution < -0.4 is 21.3 Å². The molecule has 3 amide bonds. The molecule has 0 saturated carbocycles. The Morgan fingerprint density at radius 3 is 2.45 bits per heavy atom. The molecule has 4 N–H and O–H groups in total. The third-order valence-corrected chi connectivity index (χ3v) is 4.88. The third-order valence-electron chi connectivity index (χ3n) is 4.88. The maximum atomic E-state index is 14.2. The van der Waals surface area contributed by atoms with E-state index < -0.39 is 17.8 Å². The number of carbonyl (C=O) groups excluding carboxylic acids is 2. The van der Waals surface area contributed by atoms with E-state index in [0.29, 0.717) is 24.7 Å². The van der Waals surface area contributed by atoms with Crippen molar-refractivity contribution >= 4 is 30.0 Å². The zero-order chi connectivity index (χ0) is 20.3. The van der Waals surface area contributed by atoms with E-state index in [2.05, 4.69) is 24.5 Å². The highest BCUT2D eigenvalue weighted by Gasteiger charge is 2.23. The summed E-state index contributed by atoms with van der Waals surface area (Å²) >= 11 is 0. The van der Waals surface area contributed by atoms with Crippen LogP contribution in [0.15, 0.2) is 42.5 Å². The minimum Gasteiger partial charge on any atom is -0.350 e. The van der Waals surface area contributed by atoms with Crippen LogP contribution >= 0.6 is 12.4 Å². The van der Waals surface area contributed by atoms with Gasteiger partial charge in [-0.2, -0.15) is 0 Å². The quantitative estimate of drug-likeness (QED) is 0.669. The Labute approximate surface area is 176 Å². The topological polar surface area (TPSA) is 87.5 Å². The molecule has 3 rings (SSSR count). The summed E-state index contributed by atoms with van der Waals surface area (Å²) in [5, 5.41) is 5.36. The van der Waals surface area contributed by atoms with E-state index in [1.165, 1.54) is 28.7 Å². The molecule has 1 unspecified atom stereocenters. The van der Waals surface area contributed by atoms with Crippen molar-refractivity contribution in [3.8, 4) is 0 Å². The van der Waals surface area contributed by atoms with Crippen molar-refractivity contribution in [2.45, 2.75) is 25.8 Å². The van der Waals surface area contributed by atoms with E-state index in [9.17, 15) is 14.0 Å². The Balaban J connectivity index is 0.00000300. The van der Waals surface area contributed by atoms with Crippen molar-refractivity contribution in [2.24, 2.45) is 5.73 Å². The summed E-state index contributed by atoms with van der Waals surface area (Å²) in [6.45, 7) is 5.39. The van der Waals surface area contributed by atoms with Gasteiger partial charge in [-0.1, -0.05) is 38.1 Å². The molecule has 0 spiro atoms. The predicted molar refractivity (Wildman–Crippen MR) is 114 cm³/mol. The molecule has 156 valence electrons. The van der Waals surface area contributed by atoms with Crippen LogP contribution in [0.2, 0.25) is 0 Å². The average molecular weight is 421 g/mol. The molecular weight excluding hydrogens is 395 g/mol. The molecule has 2 aromatic rings. The van der Waals surface area contributed by atoms with Gasteiger partial charge in [0.25, 0.3) is 5.91 Å². The molecule has 0 aromatic heterocycles. The zero-order valence-corrected chi connectivity index (χ0v) is 17.3. The van der Waals surface area contributed by atoms with Crippen LogP contribution in [0.5, 0.6) is 0 Å². The number of benzene rings is 2. The molecule has 0 bridgehead atoms. The maximum absolute atomic E-state index is 14.2. The highest BCUT2D eigenvalue weighted by atomic mass is 35.5. The van der Waals surface area contributed by atoms with E-state index in [0.717, 1.165) is 5.56 Å². The first-order valence-corrected chi connectivity index (χ1v) is 9.35. The number of rotatable bonds is 6. The molecule has 0 aliphatic carbocycles. The van der Waals surface area contributed by atoms with Gasteiger partial charge in [0, 0.05) is 31.4 Å². The number of anilines is 1. The number of nitrogens with two attached hydrogens (primary N) is 1. The summed E-state index contributed by atoms with van der Waals surface area (Å²) in [6.07, 6.45) is 0. The molecule has 0 radical (unpaired) electrons. The summed E-state index contributed by atoms with van der Waals surface area (Å²) in [4.78, 5) is 25.7. The van der Waals surface area contributed by atoms with Crippen molar-refractivity contribution in [1.82, 2.24) is 10.6 Å². The molecule has 8 heteroatoms. The highest BCUT2D eigenvalue weighted by molar-refractivity contribution is 5.98. The van der Waals surface area contributed by atoms with Gasteiger partial charge in [-0.05, 0) is 35.2 Å². The molecule has 1 heterocycles. The van der Waals surface area contributed by atoms with Crippen LogP contribution in [0, 0.1) is 5.82 Å². The number of urea groups is 1. The van der Waals surface area contributed by atoms with Gasteiger partial charge in [0.1, 0.15) is 5.82 Å². The van der Waals surface area contributed by atoms with Gasteiger partial charge in [-0.25, -0.2) is 9.18 Å². The number of nitrogens with one attached hydrogen (secondary N) is 2. The Morgan fingerprint density at radius 1 is 1.21 bits per heavy atom. The van der Waals surface area contributed by atoms with Crippen molar-refractivity contribution < 1.29 is 14.0 Å². The van der Waals surface area contributed by atoms with E-state index in [1.54, 1.807) is 0 Å². The minimum atomic E-state index is -0.643. The average Bonchev–Trinajstić information content (AvgIpc) is 3.12. The summed E-state index contributed by atoms with van der Waals surface area (Å²) in [5.41, 5.74) is 8.64. The summed E-state index contributed by atoms with van der Waals surface area (Å²) < 4.78 is 14.2. The second-order valence-electron chi connectivity index (χ2n) is 7.19. The molecule has 1 aliphatic rings. The van der Waals surface area contributed by atoms with Crippen LogP contribution in [0.25, 0.3) is 0 Å². The number of hydrogen-bond acceptors (Lipinski definition) is 3. The van der Waals surface area contributed by atoms with Crippen molar-refractivity contribution in [2.75, 3.05) is 24.5 Å². The van der Waals surface area contributed by atoms with Crippen LogP contribution in [-0.4, -0.2) is 31.6 Å². The Hall–Kier alpha value is -2.64. The van der Waals surface area contributed by atoms with Gasteiger partial charge >= 0.3 is 6.03 Å². The number of carbonyl (C=O) groups is 2. The zero-order valence-electron chi connectivity index (χ0n) is 16.4. The van der Waals surface area contributed by atoms with Crippen LogP contribution in [-0.2, 0) is 0 Å². The number of amides is 3. The molecule has 1 atom stereocenters. The van der Waals surface area contributed by atoms with Crippen LogP contribution in [0.3, 0.4) is 0 Å². The summed E-state index contributed by atoms with van der Waals surface area (Å²) in [6, 6.07) is 11.3. The number of hydrogen-bond donors (Lipinski definition) is 3. The largest absolute Gasteiger partial charge is 0.350 e. The fraction of sp³-hybridized carbons (Fsp3) is 0.333. The SMILES string of the molecule is CC(C)c1ccc(C(N)CNC(=O)c2cc(N3CCNC3=O)ccc2F)cc1.Cl. The minimum absolute atomic E-state index is 0. The van der Waals surface area contributed by atoms with Gasteiger partial charge < -0.3 is 16.4 Å². The lowest BCUT2D eigenvalue weighted by molar-refractivity contribution is 0.0947. The predicted octanol–water partition coefficient (Wildman–Crippen LogP) is 3.33. The van der Waals surface area contributed by atoms with Crippen LogP contribution in [0.4, 0.5) is 14.9 Å². The smallest absolute Gasteiger partial charge is 0.321 e. The van der Waals surface area contributed by atoms with Gasteiger partial charge in [0.15, 0.2) is 0 Å². The lowest BCUT2D eigenvalue weighted by atomic mass is 9.99. The first kappa shape index (κ1) is 22.6. The van der Waals surface area contributed by atoms with E-state index >= 15 is 0 Å². The van der Waals surface area contributed by atoms with E-state index in [4.69, 9.17) is 5.73 Å². The second-order valence-corrected chi connectivity index (χ2v) is 7.19. The highest BCUT2D eigenvalue weighted by Crippen LogP contribution is 2.21. The maximum Gasteiger partial charge on any atom is 0.321 e. The van der Waals surface area contributed by atoms with Gasteiger partial charge in [-0.3, -0.25) is 9.69 Å². The molecular formula is C21H26ClFN4O2. The molecule has 1 aliphatic heterocycles. The molecule has 1 fully saturated rings. The van der Waals surface area contributed by atoms with Gasteiger partial charge in [0.05, 0.1) is 5.56 Å². The standard InChI is InChI=1S/C21H25FN4O2.ClH/c1-13(2)14-3-5-15(6-4-14)19(23)12-25-20(27)17-11-16(7-8-18(17)22)26-10-9-24-21(26)28;/h3-8,11,13,19H,9-10,12,23H2,1-2H3,(H,24,28)(H,25,27);1H. The number of nitrogens with zero attached hydrogens (tertiary/aromatic N) is 1. The van der Waals surface area contributed by atoms with E-state index in [1.807, 2.05) is 24.3 Å². The first-order valence-electron chi connectivity index (χ1n) is 9.35. The summed E-state index contributed by atoms with van der Waals surface area (Å²) in [7, 11) is 0. The van der Waals surface area contributed by atoms with Crippen molar-refractivity contribution in [1.29, 1.82) is 0 Å². The Bertz CT molecular complexity index is 873. The third kappa shape index (κ3) is 5.25. The second kappa shape index (κ2) is 9.71. The summed E-state index contributed by atoms with van der Waals surface area (Å²) in [5.74, 6) is -0.776. The monoisotopic (exact) mass is 420 g/mol. The van der Waals surface area contributed by atoms with Gasteiger partial charge in [0.2, 0.25) is 0 Å². The fourth-order valence-electron chi connectivity index (χ4n) is 3.12. The molecule has 29 heavy (non-hydrogen) atoms. The molecule has 6 nitrogen and oxygen atoms in total. The fourth-order valence-corrected chi connectivity index (χ4v) is 3.12. The normalized spacial score (nSPS) is 14.4. The van der Waals surface area contributed by atoms with Gasteiger partial charge in [-0.15, -0.1) is 12.4 Å². The molecule has 2 aromatic carbocycles. The first-order chi connectivity index (χ1) is 13.4. The Kier molecular flexibility index (Phi) is 7.59. The van der Waals surface area contributed by atoms with E-state index in [-0.39, 0.29) is 30.5 Å². The van der Waals surface area contributed by atoms with Crippen molar-refractivity contribution in [3.05, 3.63) is 65.0 Å². The Morgan fingerprint density at radius 2 is 1.86 bits per heavy atom. The lowest BCUT2D eigenvalue weighted by Gasteiger charge is -2.17. The lowest BCUT2D eigenvalue weighted by Crippen LogP contribution is -2.33. The van der Waals surface area contributed by atoms with Crippen LogP contribution in [0.1, 0.15) is 47.3 Å². The molecule has 1 saturated heterocycles. The number of halogens is 2.